The van der Waals surface area contributed by atoms with Crippen molar-refractivity contribution in [3.63, 3.8) is 0 Å². The summed E-state index contributed by atoms with van der Waals surface area (Å²) in [6, 6.07) is 8.44. The van der Waals surface area contributed by atoms with Crippen LogP contribution in [0.1, 0.15) is 32.0 Å². The molecule has 0 fully saturated rings. The highest BCUT2D eigenvalue weighted by Crippen LogP contribution is 2.36. The van der Waals surface area contributed by atoms with Crippen LogP contribution < -0.4 is 0 Å². The normalized spacial score (nSPS) is 12.9. The minimum Gasteiger partial charge on any atom is -0.416 e. The smallest absolute Gasteiger partial charge is 0.191 e. The third kappa shape index (κ3) is 3.53. The van der Waals surface area contributed by atoms with Gasteiger partial charge in [-0.1, -0.05) is 45.0 Å². The standard InChI is InChI=1S/C18H27NOSi/c1-14-16-10-8-7-9-15(16)13-19-17(14)11-12-20-21(5,6)18(2,3)4/h7-10,13H,11-12H2,1-6H3. The second kappa shape index (κ2) is 5.89. The molecule has 0 unspecified atom stereocenters. The monoisotopic (exact) mass is 301 g/mol. The lowest BCUT2D eigenvalue weighted by atomic mass is 10.0. The van der Waals surface area contributed by atoms with Crippen molar-refractivity contribution in [3.05, 3.63) is 41.7 Å². The first-order valence-electron chi connectivity index (χ1n) is 7.69. The molecule has 21 heavy (non-hydrogen) atoms. The van der Waals surface area contributed by atoms with Crippen molar-refractivity contribution in [3.8, 4) is 0 Å². The number of hydrogen-bond donors (Lipinski definition) is 0. The lowest BCUT2D eigenvalue weighted by Gasteiger charge is -2.36. The van der Waals surface area contributed by atoms with Gasteiger partial charge in [0.05, 0.1) is 0 Å². The van der Waals surface area contributed by atoms with Crippen LogP contribution in [0.25, 0.3) is 10.8 Å². The second-order valence-corrected chi connectivity index (χ2v) is 12.1. The molecule has 0 saturated heterocycles. The first kappa shape index (κ1) is 16.2. The molecule has 0 aliphatic rings. The molecule has 0 spiro atoms. The van der Waals surface area contributed by atoms with Gasteiger partial charge in [-0.05, 0) is 36.0 Å². The number of aromatic nitrogens is 1. The predicted molar refractivity (Wildman–Crippen MR) is 93.3 cm³/mol. The first-order chi connectivity index (χ1) is 9.72. The lowest BCUT2D eigenvalue weighted by molar-refractivity contribution is 0.290. The van der Waals surface area contributed by atoms with Gasteiger partial charge in [-0.15, -0.1) is 0 Å². The summed E-state index contributed by atoms with van der Waals surface area (Å²) in [4.78, 5) is 4.62. The van der Waals surface area contributed by atoms with Gasteiger partial charge in [0.1, 0.15) is 0 Å². The number of aryl methyl sites for hydroxylation is 1. The van der Waals surface area contributed by atoms with Crippen molar-refractivity contribution in [1.29, 1.82) is 0 Å². The highest BCUT2D eigenvalue weighted by molar-refractivity contribution is 6.74. The molecule has 2 aromatic rings. The van der Waals surface area contributed by atoms with Crippen LogP contribution in [0.5, 0.6) is 0 Å². The molecule has 0 radical (unpaired) electrons. The Hall–Kier alpha value is -1.19. The molecular formula is C18H27NOSi. The van der Waals surface area contributed by atoms with Crippen LogP contribution >= 0.6 is 0 Å². The van der Waals surface area contributed by atoms with Crippen LogP contribution in [-0.4, -0.2) is 19.9 Å². The number of fused-ring (bicyclic) bond motifs is 1. The van der Waals surface area contributed by atoms with Gasteiger partial charge in [-0.3, -0.25) is 4.98 Å². The highest BCUT2D eigenvalue weighted by Gasteiger charge is 2.36. The molecule has 0 amide bonds. The van der Waals surface area contributed by atoms with Crippen LogP contribution in [0.3, 0.4) is 0 Å². The molecule has 2 nitrogen and oxygen atoms in total. The Morgan fingerprint density at radius 3 is 2.48 bits per heavy atom. The van der Waals surface area contributed by atoms with Crippen molar-refractivity contribution < 1.29 is 4.43 Å². The van der Waals surface area contributed by atoms with E-state index >= 15 is 0 Å². The molecule has 0 saturated carbocycles. The third-order valence-electron chi connectivity index (χ3n) is 4.77. The van der Waals surface area contributed by atoms with Crippen molar-refractivity contribution in [2.24, 2.45) is 0 Å². The Morgan fingerprint density at radius 2 is 1.81 bits per heavy atom. The molecule has 1 heterocycles. The highest BCUT2D eigenvalue weighted by atomic mass is 28.4. The summed E-state index contributed by atoms with van der Waals surface area (Å²) in [5.41, 5.74) is 2.44. The summed E-state index contributed by atoms with van der Waals surface area (Å²) >= 11 is 0. The minimum absolute atomic E-state index is 0.263. The Bertz CT molecular complexity index is 629. The van der Waals surface area contributed by atoms with E-state index in [0.29, 0.717) is 0 Å². The van der Waals surface area contributed by atoms with Gasteiger partial charge in [0.2, 0.25) is 0 Å². The molecule has 0 atom stereocenters. The SMILES string of the molecule is Cc1c(CCO[Si](C)(C)C(C)(C)C)ncc2ccccc12. The molecule has 0 aliphatic carbocycles. The fourth-order valence-corrected chi connectivity index (χ4v) is 3.27. The van der Waals surface area contributed by atoms with Gasteiger partial charge in [-0.25, -0.2) is 0 Å². The van der Waals surface area contributed by atoms with E-state index in [1.165, 1.54) is 16.3 Å². The second-order valence-electron chi connectivity index (χ2n) is 7.28. The molecule has 1 aromatic heterocycles. The number of pyridine rings is 1. The zero-order valence-corrected chi connectivity index (χ0v) is 15.2. The molecule has 3 heteroatoms. The van der Waals surface area contributed by atoms with Gasteiger partial charge in [0, 0.05) is 30.3 Å². The lowest BCUT2D eigenvalue weighted by Crippen LogP contribution is -2.41. The summed E-state index contributed by atoms with van der Waals surface area (Å²) in [6.07, 6.45) is 2.87. The van der Waals surface area contributed by atoms with Crippen LogP contribution in [-0.2, 0) is 10.8 Å². The summed E-state index contributed by atoms with van der Waals surface area (Å²) < 4.78 is 6.26. The van der Waals surface area contributed by atoms with Crippen LogP contribution in [0.15, 0.2) is 30.5 Å². The summed E-state index contributed by atoms with van der Waals surface area (Å²) in [7, 11) is -1.66. The van der Waals surface area contributed by atoms with Crippen LogP contribution in [0.4, 0.5) is 0 Å². The largest absolute Gasteiger partial charge is 0.416 e. The van der Waals surface area contributed by atoms with E-state index in [-0.39, 0.29) is 5.04 Å². The van der Waals surface area contributed by atoms with Crippen molar-refractivity contribution in [1.82, 2.24) is 4.98 Å². The Labute approximate surface area is 129 Å². The summed E-state index contributed by atoms with van der Waals surface area (Å²) in [6.45, 7) is 14.4. The zero-order valence-electron chi connectivity index (χ0n) is 14.2. The van der Waals surface area contributed by atoms with E-state index in [2.05, 4.69) is 70.0 Å². The van der Waals surface area contributed by atoms with E-state index in [1.807, 2.05) is 6.20 Å². The molecule has 2 rings (SSSR count). The maximum absolute atomic E-state index is 6.26. The van der Waals surface area contributed by atoms with E-state index < -0.39 is 8.32 Å². The van der Waals surface area contributed by atoms with Gasteiger partial charge in [0.15, 0.2) is 8.32 Å². The topological polar surface area (TPSA) is 22.1 Å². The minimum atomic E-state index is -1.66. The van der Waals surface area contributed by atoms with E-state index in [0.717, 1.165) is 18.7 Å². The van der Waals surface area contributed by atoms with E-state index in [4.69, 9.17) is 4.43 Å². The fourth-order valence-electron chi connectivity index (χ4n) is 2.22. The Kier molecular flexibility index (Phi) is 4.54. The van der Waals surface area contributed by atoms with E-state index in [9.17, 15) is 0 Å². The summed E-state index contributed by atoms with van der Waals surface area (Å²) in [5.74, 6) is 0. The Balaban J connectivity index is 2.10. The van der Waals surface area contributed by atoms with Gasteiger partial charge < -0.3 is 4.43 Å². The summed E-state index contributed by atoms with van der Waals surface area (Å²) in [5, 5.41) is 2.78. The number of nitrogens with zero attached hydrogens (tertiary/aromatic N) is 1. The molecule has 114 valence electrons. The third-order valence-corrected chi connectivity index (χ3v) is 9.30. The number of benzene rings is 1. The van der Waals surface area contributed by atoms with Gasteiger partial charge >= 0.3 is 0 Å². The first-order valence-corrected chi connectivity index (χ1v) is 10.6. The maximum atomic E-state index is 6.26. The van der Waals surface area contributed by atoms with Crippen LogP contribution in [0, 0.1) is 6.92 Å². The number of rotatable bonds is 4. The molecule has 1 aromatic carbocycles. The van der Waals surface area contributed by atoms with Crippen molar-refractivity contribution >= 4 is 19.1 Å². The predicted octanol–water partition coefficient (Wildman–Crippen LogP) is 5.11. The van der Waals surface area contributed by atoms with E-state index in [1.54, 1.807) is 0 Å². The average Bonchev–Trinajstić information content (AvgIpc) is 2.40. The number of hydrogen-bond acceptors (Lipinski definition) is 2. The molecular weight excluding hydrogens is 274 g/mol. The molecule has 0 N–H and O–H groups in total. The van der Waals surface area contributed by atoms with Gasteiger partial charge in [-0.2, -0.15) is 0 Å². The Morgan fingerprint density at radius 1 is 1.14 bits per heavy atom. The average molecular weight is 302 g/mol. The maximum Gasteiger partial charge on any atom is 0.191 e. The quantitative estimate of drug-likeness (QED) is 0.732. The fraction of sp³-hybridized carbons (Fsp3) is 0.500. The van der Waals surface area contributed by atoms with Crippen molar-refractivity contribution in [2.45, 2.75) is 52.2 Å². The van der Waals surface area contributed by atoms with Gasteiger partial charge in [0.25, 0.3) is 0 Å². The molecule has 0 bridgehead atoms. The van der Waals surface area contributed by atoms with Crippen molar-refractivity contribution in [2.75, 3.05) is 6.61 Å². The molecule has 0 aliphatic heterocycles. The zero-order chi connectivity index (χ0) is 15.7. The van der Waals surface area contributed by atoms with Crippen LogP contribution in [0.2, 0.25) is 18.1 Å².